The van der Waals surface area contributed by atoms with Crippen molar-refractivity contribution in [3.05, 3.63) is 63.8 Å². The number of carboxylic acids is 1. The summed E-state index contributed by atoms with van der Waals surface area (Å²) in [6.45, 7) is 2.47. The van der Waals surface area contributed by atoms with Crippen LogP contribution in [0.3, 0.4) is 0 Å². The molecule has 1 saturated carbocycles. The Kier molecular flexibility index (Phi) is 9.52. The van der Waals surface area contributed by atoms with Crippen LogP contribution in [0.2, 0.25) is 10.0 Å². The van der Waals surface area contributed by atoms with Gasteiger partial charge in [0, 0.05) is 50.1 Å². The molecule has 12 heteroatoms. The summed E-state index contributed by atoms with van der Waals surface area (Å²) in [5, 5.41) is 13.5. The van der Waals surface area contributed by atoms with E-state index >= 15 is 0 Å². The number of ketones is 1. The van der Waals surface area contributed by atoms with Gasteiger partial charge in [-0.15, -0.1) is 0 Å². The number of hydrogen-bond donors (Lipinski definition) is 2. The second-order valence-electron chi connectivity index (χ2n) is 12.1. The van der Waals surface area contributed by atoms with Gasteiger partial charge in [0.05, 0.1) is 34.4 Å². The lowest BCUT2D eigenvalue weighted by Gasteiger charge is -2.55. The van der Waals surface area contributed by atoms with E-state index in [0.717, 1.165) is 12.8 Å². The summed E-state index contributed by atoms with van der Waals surface area (Å²) < 4.78 is 17.9. The monoisotopic (exact) mass is 657 g/mol. The number of carbonyl (C=O) groups is 3. The Labute approximate surface area is 271 Å². The van der Waals surface area contributed by atoms with Crippen molar-refractivity contribution in [1.82, 2.24) is 9.80 Å². The first-order valence-corrected chi connectivity index (χ1v) is 16.2. The van der Waals surface area contributed by atoms with E-state index < -0.39 is 23.6 Å². The number of rotatable bonds is 11. The number of halogens is 2. The Morgan fingerprint density at radius 2 is 1.71 bits per heavy atom. The zero-order chi connectivity index (χ0) is 31.7. The van der Waals surface area contributed by atoms with Crippen molar-refractivity contribution in [2.75, 3.05) is 38.6 Å². The van der Waals surface area contributed by atoms with Crippen molar-refractivity contribution in [3.63, 3.8) is 0 Å². The minimum absolute atomic E-state index is 0.0144. The third kappa shape index (κ3) is 6.37. The van der Waals surface area contributed by atoms with E-state index in [1.165, 1.54) is 6.26 Å². The number of aliphatic carboxylic acids is 1. The van der Waals surface area contributed by atoms with Gasteiger partial charge in [-0.25, -0.2) is 0 Å². The number of amides is 1. The molecule has 1 amide bonds. The van der Waals surface area contributed by atoms with Gasteiger partial charge < -0.3 is 24.3 Å². The van der Waals surface area contributed by atoms with E-state index in [2.05, 4.69) is 10.2 Å². The van der Waals surface area contributed by atoms with Crippen LogP contribution in [-0.4, -0.2) is 83.9 Å². The fourth-order valence-corrected chi connectivity index (χ4v) is 7.20. The number of nitrogens with one attached hydrogen (secondary N) is 1. The normalized spacial score (nSPS) is 22.6. The van der Waals surface area contributed by atoms with Crippen molar-refractivity contribution in [3.8, 4) is 0 Å². The predicted octanol–water partition coefficient (Wildman–Crippen LogP) is 5.84. The lowest BCUT2D eigenvalue weighted by Crippen LogP contribution is -2.74. The zero-order valence-electron chi connectivity index (χ0n) is 25.1. The number of benzene rings is 2. The Morgan fingerprint density at radius 1 is 1.00 bits per heavy atom. The maximum Gasteiger partial charge on any atom is 0.306 e. The fraction of sp³-hybridized carbons (Fsp3) is 0.485. The molecular formula is C33H37Cl2N3O7. The largest absolute Gasteiger partial charge is 0.481 e. The number of fused-ring (bicyclic) bond motifs is 1. The van der Waals surface area contributed by atoms with Crippen LogP contribution in [-0.2, 0) is 25.5 Å². The molecule has 1 atom stereocenters. The third-order valence-electron chi connectivity index (χ3n) is 9.32. The number of methoxy groups -OCH3 is 1. The quantitative estimate of drug-likeness (QED) is 0.262. The molecule has 3 aromatic rings. The van der Waals surface area contributed by atoms with E-state index in [1.807, 2.05) is 17.0 Å². The number of ether oxygens (including phenoxy) is 2. The Bertz CT molecular complexity index is 1580. The summed E-state index contributed by atoms with van der Waals surface area (Å²) in [5.41, 5.74) is 1.80. The van der Waals surface area contributed by atoms with Crippen LogP contribution in [0.4, 0.5) is 5.69 Å². The van der Waals surface area contributed by atoms with Gasteiger partial charge in [-0.2, -0.15) is 0 Å². The molecule has 240 valence electrons. The Morgan fingerprint density at radius 3 is 2.40 bits per heavy atom. The van der Waals surface area contributed by atoms with Gasteiger partial charge in [-0.05, 0) is 62.3 Å². The highest BCUT2D eigenvalue weighted by molar-refractivity contribution is 6.36. The van der Waals surface area contributed by atoms with Crippen molar-refractivity contribution >= 4 is 57.5 Å². The highest BCUT2D eigenvalue weighted by atomic mass is 35.5. The van der Waals surface area contributed by atoms with E-state index in [-0.39, 0.29) is 34.5 Å². The van der Waals surface area contributed by atoms with Crippen LogP contribution in [0.15, 0.2) is 47.1 Å². The van der Waals surface area contributed by atoms with E-state index in [9.17, 15) is 19.5 Å². The van der Waals surface area contributed by atoms with Gasteiger partial charge in [-0.1, -0.05) is 41.4 Å². The zero-order valence-corrected chi connectivity index (χ0v) is 26.6. The molecule has 0 bridgehead atoms. The molecule has 3 heterocycles. The van der Waals surface area contributed by atoms with Crippen molar-refractivity contribution < 1.29 is 33.4 Å². The maximum absolute atomic E-state index is 14.6. The molecule has 0 radical (unpaired) electrons. The number of Topliss-reactive ketones (excluding diaryl/α,β-unsaturated/α-hetero) is 1. The summed E-state index contributed by atoms with van der Waals surface area (Å²) in [4.78, 5) is 43.4. The number of likely N-dealkylation sites (tertiary alicyclic amines) is 2. The highest BCUT2D eigenvalue weighted by Crippen LogP contribution is 2.39. The molecule has 0 spiro atoms. The van der Waals surface area contributed by atoms with Crippen LogP contribution >= 0.6 is 23.2 Å². The first kappa shape index (κ1) is 32.0. The van der Waals surface area contributed by atoms with Crippen LogP contribution in [0.1, 0.15) is 54.4 Å². The Balaban J connectivity index is 1.25. The minimum atomic E-state index is -1.34. The van der Waals surface area contributed by atoms with Gasteiger partial charge in [0.25, 0.3) is 5.91 Å². The average molecular weight is 659 g/mol. The minimum Gasteiger partial charge on any atom is -0.481 e. The summed E-state index contributed by atoms with van der Waals surface area (Å²) in [5.74, 6) is -3.08. The standard InChI is InChI=1S/C33H37Cl2N3O7/c1-43-23-17-38(18-23)33(37-12-4-5-13-37,45-22-10-8-20(9-11-22)32(41)42)30(39)15-21-14-27(35)28(16-26(21)34)36-31(40)25-19-44-29-7-3-2-6-24(25)29/h2-3,6-7,14,16,19-20,22-23H,4-5,8-13,15,17-18H2,1H3,(H,36,40)(H,41,42). The molecule has 3 fully saturated rings. The molecule has 1 aliphatic carbocycles. The summed E-state index contributed by atoms with van der Waals surface area (Å²) in [6.07, 6.45) is 5.11. The second kappa shape index (κ2) is 13.4. The number of carboxylic acid groups (broad SMARTS) is 1. The number of para-hydroxylation sites is 1. The third-order valence-corrected chi connectivity index (χ3v) is 9.99. The number of nitrogens with zero attached hydrogens (tertiary/aromatic N) is 2. The number of furan rings is 1. The number of hydrogen-bond acceptors (Lipinski definition) is 8. The molecule has 6 rings (SSSR count). The molecule has 10 nitrogen and oxygen atoms in total. The molecule has 2 aliphatic heterocycles. The lowest BCUT2D eigenvalue weighted by atomic mass is 9.87. The van der Waals surface area contributed by atoms with Crippen LogP contribution in [0.5, 0.6) is 0 Å². The van der Waals surface area contributed by atoms with Crippen molar-refractivity contribution in [2.45, 2.75) is 63.0 Å². The summed E-state index contributed by atoms with van der Waals surface area (Å²) >= 11 is 13.4. The molecular weight excluding hydrogens is 621 g/mol. The van der Waals surface area contributed by atoms with Gasteiger partial charge in [-0.3, -0.25) is 24.2 Å². The van der Waals surface area contributed by atoms with Crippen molar-refractivity contribution in [2.24, 2.45) is 5.92 Å². The van der Waals surface area contributed by atoms with Crippen LogP contribution in [0, 0.1) is 5.92 Å². The maximum atomic E-state index is 14.6. The fourth-order valence-electron chi connectivity index (χ4n) is 6.73. The van der Waals surface area contributed by atoms with Gasteiger partial charge in [0.15, 0.2) is 5.78 Å². The second-order valence-corrected chi connectivity index (χ2v) is 12.9. The predicted molar refractivity (Wildman–Crippen MR) is 170 cm³/mol. The number of carbonyl (C=O) groups excluding carboxylic acids is 2. The molecule has 2 aromatic carbocycles. The SMILES string of the molecule is COC1CN(C(OC2CCC(C(=O)O)CC2)(C(=O)Cc2cc(Cl)c(NC(=O)c3coc4ccccc34)cc2Cl)N2CCCC2)C1. The van der Waals surface area contributed by atoms with Gasteiger partial charge in [0.2, 0.25) is 5.85 Å². The van der Waals surface area contributed by atoms with Crippen LogP contribution in [0.25, 0.3) is 11.0 Å². The molecule has 2 N–H and O–H groups in total. The molecule has 3 aliphatic rings. The van der Waals surface area contributed by atoms with E-state index in [0.29, 0.717) is 79.6 Å². The highest BCUT2D eigenvalue weighted by Gasteiger charge is 2.56. The Hall–Kier alpha value is -2.99. The van der Waals surface area contributed by atoms with E-state index in [4.69, 9.17) is 37.1 Å². The molecule has 2 saturated heterocycles. The number of anilines is 1. The van der Waals surface area contributed by atoms with Crippen molar-refractivity contribution in [1.29, 1.82) is 0 Å². The smallest absolute Gasteiger partial charge is 0.306 e. The van der Waals surface area contributed by atoms with Crippen LogP contribution < -0.4 is 5.32 Å². The van der Waals surface area contributed by atoms with Gasteiger partial charge >= 0.3 is 5.97 Å². The topological polar surface area (TPSA) is 122 Å². The molecule has 45 heavy (non-hydrogen) atoms. The first-order chi connectivity index (χ1) is 21.7. The average Bonchev–Trinajstić information content (AvgIpc) is 3.70. The summed E-state index contributed by atoms with van der Waals surface area (Å²) in [7, 11) is 1.66. The summed E-state index contributed by atoms with van der Waals surface area (Å²) in [6, 6.07) is 10.4. The molecule has 1 unspecified atom stereocenters. The first-order valence-electron chi connectivity index (χ1n) is 15.4. The lowest BCUT2D eigenvalue weighted by molar-refractivity contribution is -0.282. The van der Waals surface area contributed by atoms with Gasteiger partial charge in [0.1, 0.15) is 11.8 Å². The molecule has 1 aromatic heterocycles. The van der Waals surface area contributed by atoms with E-state index in [1.54, 1.807) is 31.4 Å².